The van der Waals surface area contributed by atoms with Gasteiger partial charge in [-0.25, -0.2) is 0 Å². The van der Waals surface area contributed by atoms with E-state index in [0.717, 1.165) is 35.3 Å². The molecular formula is C20H20N2O2. The van der Waals surface area contributed by atoms with Crippen molar-refractivity contribution in [2.45, 2.75) is 19.4 Å². The average Bonchev–Trinajstić information content (AvgIpc) is 3.02. The molecule has 0 bridgehead atoms. The average molecular weight is 320 g/mol. The number of benzene rings is 2. The summed E-state index contributed by atoms with van der Waals surface area (Å²) in [5, 5.41) is 1.07. The highest BCUT2D eigenvalue weighted by atomic mass is 16.5. The molecule has 2 aromatic carbocycles. The third-order valence-corrected chi connectivity index (χ3v) is 4.71. The van der Waals surface area contributed by atoms with E-state index in [1.165, 1.54) is 11.1 Å². The first-order chi connectivity index (χ1) is 11.7. The van der Waals surface area contributed by atoms with Gasteiger partial charge in [-0.3, -0.25) is 4.79 Å². The number of fused-ring (bicyclic) bond motifs is 2. The van der Waals surface area contributed by atoms with E-state index in [-0.39, 0.29) is 5.91 Å². The van der Waals surface area contributed by atoms with Crippen LogP contribution in [0.4, 0.5) is 0 Å². The number of carbonyl (C=O) groups is 1. The van der Waals surface area contributed by atoms with E-state index < -0.39 is 0 Å². The molecule has 2 heterocycles. The second-order valence-electron chi connectivity index (χ2n) is 6.26. The third-order valence-electron chi connectivity index (χ3n) is 4.71. The standard InChI is InChI=1S/C20H20N2O2/c1-24-18-6-7-19-16(11-18)10-17(21-19)12-20(23)22-9-8-14-4-2-3-5-15(14)13-22/h2-7,10-11,21H,8-9,12-13H2,1H3. The highest BCUT2D eigenvalue weighted by molar-refractivity contribution is 5.85. The highest BCUT2D eigenvalue weighted by Gasteiger charge is 2.20. The maximum Gasteiger partial charge on any atom is 0.228 e. The lowest BCUT2D eigenvalue weighted by atomic mass is 9.99. The molecule has 0 unspecified atom stereocenters. The van der Waals surface area contributed by atoms with Crippen LogP contribution in [0.5, 0.6) is 5.75 Å². The third kappa shape index (κ3) is 2.75. The van der Waals surface area contributed by atoms with E-state index >= 15 is 0 Å². The maximum absolute atomic E-state index is 12.7. The summed E-state index contributed by atoms with van der Waals surface area (Å²) in [7, 11) is 1.66. The van der Waals surface area contributed by atoms with Gasteiger partial charge in [0.05, 0.1) is 13.5 Å². The number of H-pyrrole nitrogens is 1. The molecule has 4 heteroatoms. The lowest BCUT2D eigenvalue weighted by Crippen LogP contribution is -2.36. The van der Waals surface area contributed by atoms with Crippen molar-refractivity contribution in [1.29, 1.82) is 0 Å². The molecule has 0 radical (unpaired) electrons. The van der Waals surface area contributed by atoms with Crippen LogP contribution >= 0.6 is 0 Å². The van der Waals surface area contributed by atoms with Gasteiger partial charge in [0.2, 0.25) is 5.91 Å². The summed E-state index contributed by atoms with van der Waals surface area (Å²) in [4.78, 5) is 17.9. The van der Waals surface area contributed by atoms with Gasteiger partial charge < -0.3 is 14.6 Å². The fraction of sp³-hybridized carbons (Fsp3) is 0.250. The summed E-state index contributed by atoms with van der Waals surface area (Å²) in [5.74, 6) is 0.995. The molecule has 0 fully saturated rings. The van der Waals surface area contributed by atoms with Gasteiger partial charge in [-0.2, -0.15) is 0 Å². The Morgan fingerprint density at radius 1 is 1.17 bits per heavy atom. The summed E-state index contributed by atoms with van der Waals surface area (Å²) >= 11 is 0. The molecule has 0 spiro atoms. The zero-order valence-electron chi connectivity index (χ0n) is 13.7. The molecule has 1 aliphatic heterocycles. The molecule has 4 rings (SSSR count). The molecular weight excluding hydrogens is 300 g/mol. The van der Waals surface area contributed by atoms with E-state index in [9.17, 15) is 4.79 Å². The van der Waals surface area contributed by atoms with Gasteiger partial charge in [0, 0.05) is 29.7 Å². The quantitative estimate of drug-likeness (QED) is 0.805. The van der Waals surface area contributed by atoms with Crippen LogP contribution in [0.2, 0.25) is 0 Å². The molecule has 24 heavy (non-hydrogen) atoms. The van der Waals surface area contributed by atoms with Crippen LogP contribution in [0, 0.1) is 0 Å². The first kappa shape index (κ1) is 14.8. The fourth-order valence-corrected chi connectivity index (χ4v) is 3.38. The van der Waals surface area contributed by atoms with Gasteiger partial charge in [-0.05, 0) is 41.8 Å². The van der Waals surface area contributed by atoms with E-state index in [2.05, 4.69) is 23.2 Å². The topological polar surface area (TPSA) is 45.3 Å². The van der Waals surface area contributed by atoms with Crippen LogP contribution in [0.3, 0.4) is 0 Å². The molecule has 3 aromatic rings. The largest absolute Gasteiger partial charge is 0.497 e. The molecule has 1 aromatic heterocycles. The second kappa shape index (κ2) is 6.04. The van der Waals surface area contributed by atoms with Gasteiger partial charge >= 0.3 is 0 Å². The highest BCUT2D eigenvalue weighted by Crippen LogP contribution is 2.23. The van der Waals surface area contributed by atoms with E-state index in [1.807, 2.05) is 35.2 Å². The van der Waals surface area contributed by atoms with Crippen molar-refractivity contribution >= 4 is 16.8 Å². The number of hydrogen-bond acceptors (Lipinski definition) is 2. The molecule has 0 saturated heterocycles. The fourth-order valence-electron chi connectivity index (χ4n) is 3.38. The number of amides is 1. The number of methoxy groups -OCH3 is 1. The second-order valence-corrected chi connectivity index (χ2v) is 6.26. The molecule has 0 atom stereocenters. The van der Waals surface area contributed by atoms with Crippen molar-refractivity contribution in [2.24, 2.45) is 0 Å². The first-order valence-electron chi connectivity index (χ1n) is 8.23. The zero-order chi connectivity index (χ0) is 16.5. The molecule has 4 nitrogen and oxygen atoms in total. The minimum atomic E-state index is 0.169. The Morgan fingerprint density at radius 2 is 2.00 bits per heavy atom. The molecule has 1 aliphatic rings. The summed E-state index contributed by atoms with van der Waals surface area (Å²) in [6, 6.07) is 16.3. The predicted octanol–water partition coefficient (Wildman–Crippen LogP) is 3.30. The van der Waals surface area contributed by atoms with Crippen LogP contribution < -0.4 is 4.74 Å². The minimum Gasteiger partial charge on any atom is -0.497 e. The zero-order valence-corrected chi connectivity index (χ0v) is 13.7. The summed E-state index contributed by atoms with van der Waals surface area (Å²) in [5.41, 5.74) is 4.60. The van der Waals surface area contributed by atoms with Crippen LogP contribution in [-0.2, 0) is 24.2 Å². The monoisotopic (exact) mass is 320 g/mol. The Labute approximate surface area is 141 Å². The van der Waals surface area contributed by atoms with E-state index in [1.54, 1.807) is 7.11 Å². The van der Waals surface area contributed by atoms with Gasteiger partial charge in [0.1, 0.15) is 5.75 Å². The SMILES string of the molecule is COc1ccc2[nH]c(CC(=O)N3CCc4ccccc4C3)cc2c1. The van der Waals surface area contributed by atoms with Crippen molar-refractivity contribution in [1.82, 2.24) is 9.88 Å². The van der Waals surface area contributed by atoms with E-state index in [4.69, 9.17) is 4.74 Å². The Balaban J connectivity index is 1.50. The normalized spacial score (nSPS) is 13.8. The Bertz CT molecular complexity index is 898. The smallest absolute Gasteiger partial charge is 0.228 e. The first-order valence-corrected chi connectivity index (χ1v) is 8.23. The number of nitrogens with one attached hydrogen (secondary N) is 1. The van der Waals surface area contributed by atoms with Crippen molar-refractivity contribution in [3.8, 4) is 5.75 Å². The van der Waals surface area contributed by atoms with Gasteiger partial charge in [0.25, 0.3) is 0 Å². The van der Waals surface area contributed by atoms with Crippen molar-refractivity contribution < 1.29 is 9.53 Å². The van der Waals surface area contributed by atoms with Crippen molar-refractivity contribution in [3.63, 3.8) is 0 Å². The molecule has 0 saturated carbocycles. The molecule has 1 N–H and O–H groups in total. The molecule has 0 aliphatic carbocycles. The summed E-state index contributed by atoms with van der Waals surface area (Å²) in [6.07, 6.45) is 1.34. The number of aromatic nitrogens is 1. The lowest BCUT2D eigenvalue weighted by molar-refractivity contribution is -0.131. The minimum absolute atomic E-state index is 0.169. The van der Waals surface area contributed by atoms with Crippen molar-refractivity contribution in [3.05, 3.63) is 65.4 Å². The predicted molar refractivity (Wildman–Crippen MR) is 94.1 cm³/mol. The molecule has 122 valence electrons. The van der Waals surface area contributed by atoms with Crippen LogP contribution in [0.1, 0.15) is 16.8 Å². The van der Waals surface area contributed by atoms with Gasteiger partial charge in [0.15, 0.2) is 0 Å². The summed E-state index contributed by atoms with van der Waals surface area (Å²) < 4.78 is 5.25. The Kier molecular flexibility index (Phi) is 3.73. The van der Waals surface area contributed by atoms with Crippen LogP contribution in [0.15, 0.2) is 48.5 Å². The number of carbonyl (C=O) groups excluding carboxylic acids is 1. The Morgan fingerprint density at radius 3 is 2.83 bits per heavy atom. The number of ether oxygens (including phenoxy) is 1. The Hall–Kier alpha value is -2.75. The van der Waals surface area contributed by atoms with Gasteiger partial charge in [-0.15, -0.1) is 0 Å². The van der Waals surface area contributed by atoms with Crippen molar-refractivity contribution in [2.75, 3.05) is 13.7 Å². The van der Waals surface area contributed by atoms with E-state index in [0.29, 0.717) is 13.0 Å². The number of rotatable bonds is 3. The number of aromatic amines is 1. The molecule has 1 amide bonds. The van der Waals surface area contributed by atoms with Crippen LogP contribution in [0.25, 0.3) is 10.9 Å². The number of hydrogen-bond donors (Lipinski definition) is 1. The number of nitrogens with zero attached hydrogens (tertiary/aromatic N) is 1. The van der Waals surface area contributed by atoms with Crippen LogP contribution in [-0.4, -0.2) is 29.4 Å². The maximum atomic E-state index is 12.7. The summed E-state index contributed by atoms with van der Waals surface area (Å²) in [6.45, 7) is 1.51. The lowest BCUT2D eigenvalue weighted by Gasteiger charge is -2.28. The van der Waals surface area contributed by atoms with Gasteiger partial charge in [-0.1, -0.05) is 24.3 Å².